The highest BCUT2D eigenvalue weighted by Gasteiger charge is 2.60. The van der Waals surface area contributed by atoms with E-state index < -0.39 is 66.3 Å². The molecule has 0 aromatic carbocycles. The van der Waals surface area contributed by atoms with E-state index in [1.807, 2.05) is 19.1 Å². The Morgan fingerprint density at radius 3 is 2.04 bits per heavy atom. The van der Waals surface area contributed by atoms with Crippen molar-refractivity contribution in [2.24, 2.45) is 23.7 Å². The first kappa shape index (κ1) is 48.2. The summed E-state index contributed by atoms with van der Waals surface area (Å²) in [6.45, 7) is 3.60. The summed E-state index contributed by atoms with van der Waals surface area (Å²) < 4.78 is 66.5. The van der Waals surface area contributed by atoms with Crippen molar-refractivity contribution in [2.45, 2.75) is 172 Å². The number of aliphatic carboxylic acids is 1. The van der Waals surface area contributed by atoms with Crippen LogP contribution in [-0.4, -0.2) is 81.6 Å². The first-order valence-corrected chi connectivity index (χ1v) is 19.9. The predicted molar refractivity (Wildman–Crippen MR) is 196 cm³/mol. The van der Waals surface area contributed by atoms with E-state index in [9.17, 15) is 51.7 Å². The molecule has 314 valence electrons. The van der Waals surface area contributed by atoms with E-state index in [1.165, 1.54) is 7.11 Å². The van der Waals surface area contributed by atoms with Crippen molar-refractivity contribution in [3.8, 4) is 0 Å². The van der Waals surface area contributed by atoms with Gasteiger partial charge in [-0.2, -0.15) is 8.78 Å². The van der Waals surface area contributed by atoms with Gasteiger partial charge < -0.3 is 24.8 Å². The first-order chi connectivity index (χ1) is 25.9. The Labute approximate surface area is 322 Å². The summed E-state index contributed by atoms with van der Waals surface area (Å²) in [5.74, 6) is -12.8. The number of halogens is 4. The van der Waals surface area contributed by atoms with E-state index in [4.69, 9.17) is 9.84 Å². The molecular weight excluding hydrogens is 728 g/mol. The smallest absolute Gasteiger partial charge is 0.305 e. The van der Waals surface area contributed by atoms with Crippen LogP contribution in [0.15, 0.2) is 24.3 Å². The average Bonchev–Trinajstić information content (AvgIpc) is 3.59. The zero-order valence-corrected chi connectivity index (χ0v) is 32.6. The summed E-state index contributed by atoms with van der Waals surface area (Å²) in [7, 11) is 1.35. The maximum Gasteiger partial charge on any atom is 0.305 e. The third-order valence-electron chi connectivity index (χ3n) is 11.0. The summed E-state index contributed by atoms with van der Waals surface area (Å²) in [5, 5.41) is 29.1. The van der Waals surface area contributed by atoms with Gasteiger partial charge in [-0.3, -0.25) is 24.0 Å². The molecule has 0 amide bonds. The quantitative estimate of drug-likeness (QED) is 0.0399. The lowest BCUT2D eigenvalue weighted by Gasteiger charge is -2.43. The van der Waals surface area contributed by atoms with Crippen molar-refractivity contribution in [1.82, 2.24) is 0 Å². The molecule has 1 saturated heterocycles. The molecule has 10 nitrogen and oxygen atoms in total. The van der Waals surface area contributed by atoms with Crippen LogP contribution in [0.5, 0.6) is 0 Å². The lowest BCUT2D eigenvalue weighted by atomic mass is 9.82. The number of ketones is 3. The molecule has 3 N–H and O–H groups in total. The molecule has 55 heavy (non-hydrogen) atoms. The number of allylic oxidation sites excluding steroid dienone is 4. The highest BCUT2D eigenvalue weighted by atomic mass is 19.3. The second-order valence-corrected chi connectivity index (χ2v) is 15.2. The van der Waals surface area contributed by atoms with Gasteiger partial charge in [0.05, 0.1) is 19.3 Å². The van der Waals surface area contributed by atoms with Crippen LogP contribution in [0.1, 0.15) is 142 Å². The standard InChI is InChI=1S/C21H32F2O5.C20H30F2O5/c1-3-4-12-20(22,23)21(26)13-11-16-15(17(24)14-18(16)28-21)9-7-5-6-8-10-19(25)27-2;1-2-3-12-20(21,22)18(25)11-10-15-14(16(23)13-17(15)24)8-6-4-5-7-9-19(26)27/h5,7,15-16,18,26H,3-4,6,8-14H2,1-2H3;4,6,14-15,17,24H,2-3,5,7-13H2,1H3,(H,26,27)/b7-5-;6-4-/t15-,16-,18-,21?;14-,15-,17?/m11/s1. The number of methoxy groups -OCH3 is 1. The molecule has 0 aromatic heterocycles. The maximum absolute atomic E-state index is 14.4. The Morgan fingerprint density at radius 2 is 1.44 bits per heavy atom. The molecule has 1 aliphatic heterocycles. The van der Waals surface area contributed by atoms with Crippen LogP contribution in [0, 0.1) is 23.7 Å². The molecular formula is C41H62F4O10. The molecule has 3 fully saturated rings. The number of aliphatic hydroxyl groups excluding tert-OH is 1. The predicted octanol–water partition coefficient (Wildman–Crippen LogP) is 8.10. The van der Waals surface area contributed by atoms with E-state index in [1.54, 1.807) is 19.1 Å². The van der Waals surface area contributed by atoms with Gasteiger partial charge in [-0.25, -0.2) is 8.78 Å². The molecule has 3 aliphatic rings. The largest absolute Gasteiger partial charge is 0.481 e. The Kier molecular flexibility index (Phi) is 20.4. The third kappa shape index (κ3) is 15.1. The third-order valence-corrected chi connectivity index (χ3v) is 11.0. The molecule has 0 radical (unpaired) electrons. The van der Waals surface area contributed by atoms with Crippen LogP contribution in [0.4, 0.5) is 17.6 Å². The number of aliphatic hydroxyl groups is 2. The molecule has 2 aliphatic carbocycles. The summed E-state index contributed by atoms with van der Waals surface area (Å²) in [4.78, 5) is 57.8. The van der Waals surface area contributed by atoms with Gasteiger partial charge in [-0.05, 0) is 76.0 Å². The van der Waals surface area contributed by atoms with E-state index >= 15 is 0 Å². The zero-order valence-electron chi connectivity index (χ0n) is 32.6. The van der Waals surface area contributed by atoms with Gasteiger partial charge in [0, 0.05) is 63.2 Å². The number of carboxylic acids is 1. The second kappa shape index (κ2) is 23.3. The summed E-state index contributed by atoms with van der Waals surface area (Å²) >= 11 is 0. The van der Waals surface area contributed by atoms with Gasteiger partial charge in [-0.1, -0.05) is 51.0 Å². The van der Waals surface area contributed by atoms with E-state index in [-0.39, 0.29) is 74.3 Å². The highest BCUT2D eigenvalue weighted by Crippen LogP contribution is 2.49. The Hall–Kier alpha value is -2.97. The Balaban J connectivity index is 0.000000380. The molecule has 14 heteroatoms. The van der Waals surface area contributed by atoms with Gasteiger partial charge in [0.15, 0.2) is 0 Å². The minimum absolute atomic E-state index is 0.00957. The molecule has 0 bridgehead atoms. The molecule has 0 aromatic rings. The molecule has 3 rings (SSSR count). The van der Waals surface area contributed by atoms with Crippen LogP contribution in [0.25, 0.3) is 0 Å². The molecule has 0 spiro atoms. The minimum Gasteiger partial charge on any atom is -0.481 e. The van der Waals surface area contributed by atoms with Crippen molar-refractivity contribution in [2.75, 3.05) is 7.11 Å². The van der Waals surface area contributed by atoms with Crippen LogP contribution < -0.4 is 0 Å². The molecule has 2 saturated carbocycles. The number of carbonyl (C=O) groups is 5. The fourth-order valence-electron chi connectivity index (χ4n) is 7.65. The number of Topliss-reactive ketones (excluding diaryl/α,β-unsaturated/α-hetero) is 3. The number of ether oxygens (including phenoxy) is 2. The number of carbonyl (C=O) groups excluding carboxylic acids is 4. The number of fused-ring (bicyclic) bond motifs is 1. The van der Waals surface area contributed by atoms with E-state index in [2.05, 4.69) is 4.74 Å². The maximum atomic E-state index is 14.4. The van der Waals surface area contributed by atoms with Crippen LogP contribution >= 0.6 is 0 Å². The number of unbranched alkanes of at least 4 members (excludes halogenated alkanes) is 4. The van der Waals surface area contributed by atoms with Gasteiger partial charge in [0.1, 0.15) is 11.6 Å². The van der Waals surface area contributed by atoms with Crippen LogP contribution in [-0.2, 0) is 33.4 Å². The van der Waals surface area contributed by atoms with Crippen molar-refractivity contribution in [3.63, 3.8) is 0 Å². The summed E-state index contributed by atoms with van der Waals surface area (Å²) in [5.41, 5.74) is 0. The van der Waals surface area contributed by atoms with Crippen molar-refractivity contribution < 1.29 is 66.3 Å². The van der Waals surface area contributed by atoms with Gasteiger partial charge in [-0.15, -0.1) is 0 Å². The fourth-order valence-corrected chi connectivity index (χ4v) is 7.65. The van der Waals surface area contributed by atoms with Crippen LogP contribution in [0.3, 0.4) is 0 Å². The first-order valence-electron chi connectivity index (χ1n) is 19.9. The number of esters is 1. The van der Waals surface area contributed by atoms with Crippen LogP contribution in [0.2, 0.25) is 0 Å². The molecule has 2 unspecified atom stereocenters. The topological polar surface area (TPSA) is 164 Å². The second-order valence-electron chi connectivity index (χ2n) is 15.2. The number of hydrogen-bond acceptors (Lipinski definition) is 9. The Morgan fingerprint density at radius 1 is 0.855 bits per heavy atom. The fraction of sp³-hybridized carbons (Fsp3) is 0.780. The lowest BCUT2D eigenvalue weighted by Crippen LogP contribution is -2.55. The van der Waals surface area contributed by atoms with Gasteiger partial charge >= 0.3 is 23.8 Å². The molecule has 1 heterocycles. The number of alkyl halides is 4. The number of hydrogen-bond donors (Lipinski definition) is 3. The summed E-state index contributed by atoms with van der Waals surface area (Å²) in [6, 6.07) is 0. The molecule has 7 atom stereocenters. The lowest BCUT2D eigenvalue weighted by molar-refractivity contribution is -0.356. The Bertz CT molecular complexity index is 1320. The van der Waals surface area contributed by atoms with Crippen molar-refractivity contribution in [1.29, 1.82) is 0 Å². The zero-order chi connectivity index (χ0) is 41.2. The summed E-state index contributed by atoms with van der Waals surface area (Å²) in [6.07, 6.45) is 10.6. The van der Waals surface area contributed by atoms with Crippen molar-refractivity contribution in [3.05, 3.63) is 24.3 Å². The minimum atomic E-state index is -3.34. The number of carboxylic acid groups (broad SMARTS) is 1. The van der Waals surface area contributed by atoms with Crippen molar-refractivity contribution >= 4 is 29.3 Å². The average molecular weight is 791 g/mol. The van der Waals surface area contributed by atoms with E-state index in [0.29, 0.717) is 70.6 Å². The monoisotopic (exact) mass is 790 g/mol. The number of rotatable bonds is 23. The SMILES string of the molecule is CCCCC(F)(F)C(=O)CC[C@H]1C(O)CC(=O)[C@@H]1C/C=C\CCCC(=O)O.CCCCC(F)(F)C1(O)CC[C@H]2[C@@H](CC(=O)[C@@H]2C/C=C\CCCC(=O)OC)O1. The normalized spacial score (nSPS) is 27.0. The van der Waals surface area contributed by atoms with Gasteiger partial charge in [0.2, 0.25) is 11.6 Å². The van der Waals surface area contributed by atoms with Gasteiger partial charge in [0.25, 0.3) is 0 Å². The highest BCUT2D eigenvalue weighted by molar-refractivity contribution is 5.87. The van der Waals surface area contributed by atoms with E-state index in [0.717, 1.165) is 0 Å².